The van der Waals surface area contributed by atoms with Crippen molar-refractivity contribution in [2.75, 3.05) is 0 Å². The Bertz CT molecular complexity index is 8340. The van der Waals surface area contributed by atoms with Gasteiger partial charge in [0.1, 0.15) is 0 Å². The van der Waals surface area contributed by atoms with E-state index in [-0.39, 0.29) is 0 Å². The average Bonchev–Trinajstić information content (AvgIpc) is 0.724. The Kier molecular flexibility index (Phi) is 21.1. The first-order valence-electron chi connectivity index (χ1n) is 46.0. The van der Waals surface area contributed by atoms with Gasteiger partial charge in [-0.2, -0.15) is 0 Å². The van der Waals surface area contributed by atoms with Gasteiger partial charge >= 0.3 is 0 Å². The average molecular weight is 1790 g/mol. The summed E-state index contributed by atoms with van der Waals surface area (Å²) in [6.07, 6.45) is 21.8. The van der Waals surface area contributed by atoms with Crippen molar-refractivity contribution in [3.05, 3.63) is 450 Å². The Morgan fingerprint density at radius 2 is 0.279 bits per heavy atom. The van der Waals surface area contributed by atoms with E-state index >= 15 is 0 Å². The molecule has 140 heavy (non-hydrogen) atoms. The fourth-order valence-electron chi connectivity index (χ4n) is 18.7. The first kappa shape index (κ1) is 82.4. The molecule has 26 aromatic rings. The van der Waals surface area contributed by atoms with E-state index in [9.17, 15) is 0 Å². The summed E-state index contributed by atoms with van der Waals surface area (Å²) in [7, 11) is 0. The molecule has 10 aromatic heterocycles. The highest BCUT2D eigenvalue weighted by atomic mass is 15.1. The summed E-state index contributed by atoms with van der Waals surface area (Å²) < 4.78 is 0. The fraction of sp³-hybridized carbons (Fsp3) is 0. The molecule has 0 aliphatic carbocycles. The third-order valence-electron chi connectivity index (χ3n) is 25.8. The molecule has 0 amide bonds. The van der Waals surface area contributed by atoms with Gasteiger partial charge in [0.25, 0.3) is 0 Å². The SMILES string of the molecule is c1ccc(-c2nc(-c3ccc(-c4ccncc4)cc3)nc(-c3ccc4ccc5c(-c6nc(-c7ccccc7)nc(-c7ccc(-c8ccncc8)cc7)n6)ccc6ccc3c4c65)n2)cc1.c1cncc(-c2ccc(-c3nc(-c4ccc(-c5cccnc5)cc4)nc(-c4ccc5ccc6c(-c7nc(-c8ccc(-c9cccnc9)cc8)nc(-c8ccc(-c9cccnc9)cc8)n7)ccc7ccc4c5c76)n3)cc2)c1. The molecule has 0 fully saturated rings. The third kappa shape index (κ3) is 15.9. The molecule has 18 heteroatoms. The molecule has 0 aliphatic heterocycles. The normalized spacial score (nSPS) is 11.4. The number of benzene rings is 16. The summed E-state index contributed by atoms with van der Waals surface area (Å²) in [5, 5.41) is 13.0. The topological polar surface area (TPSA) is 232 Å². The Hall–Kier alpha value is -19.5. The van der Waals surface area contributed by atoms with Gasteiger partial charge in [-0.15, -0.1) is 0 Å². The van der Waals surface area contributed by atoms with Crippen LogP contribution in [-0.2, 0) is 0 Å². The van der Waals surface area contributed by atoms with Gasteiger partial charge in [-0.1, -0.05) is 303 Å². The Morgan fingerprint density at radius 3 is 0.486 bits per heavy atom. The highest BCUT2D eigenvalue weighted by molar-refractivity contribution is 6.29. The van der Waals surface area contributed by atoms with Crippen molar-refractivity contribution in [3.8, 4) is 203 Å². The third-order valence-corrected chi connectivity index (χ3v) is 25.8. The van der Waals surface area contributed by atoms with Crippen LogP contribution in [0, 0.1) is 0 Å². The van der Waals surface area contributed by atoms with Gasteiger partial charge in [-0.05, 0) is 204 Å². The van der Waals surface area contributed by atoms with Crippen molar-refractivity contribution >= 4 is 64.6 Å². The second kappa shape index (κ2) is 35.8. The fourth-order valence-corrected chi connectivity index (χ4v) is 18.7. The lowest BCUT2D eigenvalue weighted by atomic mass is 9.89. The molecule has 0 atom stereocenters. The second-order valence-corrected chi connectivity index (χ2v) is 34.2. The van der Waals surface area contributed by atoms with Crippen molar-refractivity contribution in [3.63, 3.8) is 0 Å². The van der Waals surface area contributed by atoms with E-state index in [2.05, 4.69) is 297 Å². The van der Waals surface area contributed by atoms with Crippen molar-refractivity contribution in [1.29, 1.82) is 0 Å². The zero-order chi connectivity index (χ0) is 92.8. The molecule has 652 valence electrons. The molecule has 0 unspecified atom stereocenters. The highest BCUT2D eigenvalue weighted by Gasteiger charge is 2.26. The minimum absolute atomic E-state index is 0.571. The number of nitrogens with zero attached hydrogens (tertiary/aromatic N) is 18. The van der Waals surface area contributed by atoms with Crippen LogP contribution in [0.2, 0.25) is 0 Å². The van der Waals surface area contributed by atoms with Gasteiger partial charge in [0.05, 0.1) is 0 Å². The van der Waals surface area contributed by atoms with Crippen LogP contribution >= 0.6 is 0 Å². The summed E-state index contributed by atoms with van der Waals surface area (Å²) in [5.74, 6) is 7.05. The maximum Gasteiger partial charge on any atom is 0.164 e. The molecular weight excluding hydrogens is 1720 g/mol. The molecule has 0 N–H and O–H groups in total. The van der Waals surface area contributed by atoms with Crippen molar-refractivity contribution in [2.24, 2.45) is 0 Å². The lowest BCUT2D eigenvalue weighted by Crippen LogP contribution is -2.01. The first-order valence-corrected chi connectivity index (χ1v) is 46.0. The summed E-state index contributed by atoms with van der Waals surface area (Å²) in [5.41, 5.74) is 23.5. The summed E-state index contributed by atoms with van der Waals surface area (Å²) in [4.78, 5) is 87.8. The van der Waals surface area contributed by atoms with Crippen LogP contribution in [0.25, 0.3) is 268 Å². The molecule has 18 nitrogen and oxygen atoms in total. The largest absolute Gasteiger partial charge is 0.265 e. The van der Waals surface area contributed by atoms with Crippen molar-refractivity contribution in [2.45, 2.75) is 0 Å². The van der Waals surface area contributed by atoms with Crippen LogP contribution in [0.4, 0.5) is 0 Å². The van der Waals surface area contributed by atoms with Gasteiger partial charge in [0, 0.05) is 141 Å². The van der Waals surface area contributed by atoms with E-state index in [4.69, 9.17) is 59.8 Å². The van der Waals surface area contributed by atoms with E-state index < -0.39 is 0 Å². The minimum Gasteiger partial charge on any atom is -0.265 e. The predicted octanol–water partition coefficient (Wildman–Crippen LogP) is 28.3. The van der Waals surface area contributed by atoms with Crippen LogP contribution in [0.5, 0.6) is 0 Å². The summed E-state index contributed by atoms with van der Waals surface area (Å²) in [6, 6.07) is 129. The van der Waals surface area contributed by atoms with Gasteiger partial charge in [-0.3, -0.25) is 29.9 Å². The highest BCUT2D eigenvalue weighted by Crippen LogP contribution is 2.47. The van der Waals surface area contributed by atoms with Crippen LogP contribution < -0.4 is 0 Å². The smallest absolute Gasteiger partial charge is 0.164 e. The Morgan fingerprint density at radius 1 is 0.107 bits per heavy atom. The maximum atomic E-state index is 5.26. The van der Waals surface area contributed by atoms with E-state index in [0.29, 0.717) is 69.9 Å². The molecule has 26 rings (SSSR count). The van der Waals surface area contributed by atoms with Gasteiger partial charge < -0.3 is 0 Å². The van der Waals surface area contributed by atoms with Crippen LogP contribution in [-0.4, -0.2) is 89.7 Å². The number of rotatable bonds is 18. The van der Waals surface area contributed by atoms with E-state index in [1.807, 2.05) is 134 Å². The molecular formula is C122H74N18. The van der Waals surface area contributed by atoms with Gasteiger partial charge in [-0.25, -0.2) is 59.8 Å². The van der Waals surface area contributed by atoms with Gasteiger partial charge in [0.2, 0.25) is 0 Å². The molecule has 0 saturated carbocycles. The van der Waals surface area contributed by atoms with E-state index in [1.54, 1.807) is 49.6 Å². The van der Waals surface area contributed by atoms with Crippen molar-refractivity contribution in [1.82, 2.24) is 89.7 Å². The lowest BCUT2D eigenvalue weighted by molar-refractivity contribution is 1.08. The zero-order valence-electron chi connectivity index (χ0n) is 74.8. The predicted molar refractivity (Wildman–Crippen MR) is 558 cm³/mol. The lowest BCUT2D eigenvalue weighted by Gasteiger charge is -2.16. The molecule has 10 heterocycles. The summed E-state index contributed by atoms with van der Waals surface area (Å²) >= 11 is 0. The number of aromatic nitrogens is 18. The zero-order valence-corrected chi connectivity index (χ0v) is 74.8. The molecule has 0 bridgehead atoms. The van der Waals surface area contributed by atoms with E-state index in [0.717, 1.165) is 198 Å². The Labute approximate surface area is 803 Å². The minimum atomic E-state index is 0.571. The maximum absolute atomic E-state index is 5.26. The molecule has 0 radical (unpaired) electrons. The molecule has 0 spiro atoms. The van der Waals surface area contributed by atoms with Crippen molar-refractivity contribution < 1.29 is 0 Å². The second-order valence-electron chi connectivity index (χ2n) is 34.2. The monoisotopic (exact) mass is 1790 g/mol. The summed E-state index contributed by atoms with van der Waals surface area (Å²) in [6.45, 7) is 0. The van der Waals surface area contributed by atoms with Gasteiger partial charge in [0.15, 0.2) is 69.9 Å². The number of hydrogen-bond acceptors (Lipinski definition) is 18. The number of hydrogen-bond donors (Lipinski definition) is 0. The standard InChI is InChI=1S/C66H40N10.C56H34N8/c1-5-51(37-67-33-1)41-9-17-47(18-10-41)61-71-62(48-19-11-42(12-20-48)52-6-2-34-68-38-52)74-65(73-61)57-31-27-45-26-30-56-58(32-28-46-25-29-55(57)59(45)60(46)56)66-75-63(49-21-13-43(14-22-49)53-7-3-35-69-39-53)72-64(76-66)50-23-15-44(16-24-50)54-8-4-36-70-40-54;1-3-7-41(8-4-1)51-59-53(43-15-11-35(12-16-43)37-27-31-57-32-28-37)63-55(61-51)47-25-21-39-20-24-46-48(26-22-40-19-23-45(47)49(39)50(40)46)56-62-52(42-9-5-2-6-10-42)60-54(64-56)44-17-13-36(14-18-44)38-29-33-58-34-30-38/h1-40H;1-34H. The molecule has 16 aromatic carbocycles. The number of pyridine rings is 6. The molecule has 0 aliphatic rings. The van der Waals surface area contributed by atoms with Crippen LogP contribution in [0.3, 0.4) is 0 Å². The van der Waals surface area contributed by atoms with Crippen LogP contribution in [0.15, 0.2) is 450 Å². The van der Waals surface area contributed by atoms with E-state index in [1.165, 1.54) is 0 Å². The first-order chi connectivity index (χ1) is 69.3. The van der Waals surface area contributed by atoms with Crippen LogP contribution in [0.1, 0.15) is 0 Å². The Balaban J connectivity index is 0.000000150. The molecule has 0 saturated heterocycles. The quantitative estimate of drug-likeness (QED) is 0.0727.